The highest BCUT2D eigenvalue weighted by Gasteiger charge is 2.60. The van der Waals surface area contributed by atoms with Crippen LogP contribution >= 0.6 is 0 Å². The third-order valence-corrected chi connectivity index (χ3v) is 1.88. The summed E-state index contributed by atoms with van der Waals surface area (Å²) in [6.07, 6.45) is 2.05. The topological polar surface area (TPSA) is 58.4 Å². The zero-order valence-corrected chi connectivity index (χ0v) is 7.13. The molecule has 1 unspecified atom stereocenters. The number of carbonyl (C=O) groups excluding carboxylic acids is 1. The Morgan fingerprint density at radius 3 is 2.69 bits per heavy atom. The zero-order valence-electron chi connectivity index (χ0n) is 7.13. The number of urea groups is 1. The number of rotatable bonds is 2. The summed E-state index contributed by atoms with van der Waals surface area (Å²) in [7, 11) is 1.32. The van der Waals surface area contributed by atoms with Crippen molar-refractivity contribution in [3.05, 3.63) is 12.4 Å². The van der Waals surface area contributed by atoms with Crippen molar-refractivity contribution in [2.75, 3.05) is 7.05 Å². The smallest absolute Gasteiger partial charge is 0.321 e. The average molecular weight is 191 g/mol. The van der Waals surface area contributed by atoms with E-state index < -0.39 is 18.0 Å². The summed E-state index contributed by atoms with van der Waals surface area (Å²) < 4.78 is 24.9. The number of nitrogens with one attached hydrogen (secondary N) is 1. The van der Waals surface area contributed by atoms with Crippen LogP contribution < -0.4 is 11.1 Å². The number of hydrogen-bond acceptors (Lipinski definition) is 2. The second-order valence-electron chi connectivity index (χ2n) is 2.90. The molecule has 0 aliphatic heterocycles. The lowest BCUT2D eigenvalue weighted by atomic mass is 10.6. The van der Waals surface area contributed by atoms with Crippen molar-refractivity contribution >= 4 is 6.03 Å². The summed E-state index contributed by atoms with van der Waals surface area (Å²) in [5.74, 6) is -2.72. The largest absolute Gasteiger partial charge is 0.403 e. The highest BCUT2D eigenvalue weighted by Crippen LogP contribution is 2.45. The minimum Gasteiger partial charge on any atom is -0.403 e. The van der Waals surface area contributed by atoms with Gasteiger partial charge in [-0.3, -0.25) is 0 Å². The first-order valence-electron chi connectivity index (χ1n) is 3.77. The molecule has 0 aromatic heterocycles. The van der Waals surface area contributed by atoms with Crippen molar-refractivity contribution in [3.8, 4) is 0 Å². The van der Waals surface area contributed by atoms with Gasteiger partial charge in [-0.15, -0.1) is 0 Å². The Morgan fingerprint density at radius 2 is 2.31 bits per heavy atom. The Kier molecular flexibility index (Phi) is 2.40. The molecule has 0 aromatic carbocycles. The second-order valence-corrected chi connectivity index (χ2v) is 2.90. The highest BCUT2D eigenvalue weighted by molar-refractivity contribution is 5.75. The van der Waals surface area contributed by atoms with Crippen LogP contribution in [-0.4, -0.2) is 29.9 Å². The predicted octanol–water partition coefficient (Wildman–Crippen LogP) is 0.465. The van der Waals surface area contributed by atoms with Gasteiger partial charge in [0.25, 0.3) is 5.92 Å². The molecule has 0 radical (unpaired) electrons. The first-order valence-corrected chi connectivity index (χ1v) is 3.77. The quantitative estimate of drug-likeness (QED) is 0.666. The number of halogens is 2. The molecule has 1 fully saturated rings. The van der Waals surface area contributed by atoms with Crippen LogP contribution in [0, 0.1) is 0 Å². The number of amides is 2. The second kappa shape index (κ2) is 3.20. The summed E-state index contributed by atoms with van der Waals surface area (Å²) in [4.78, 5) is 12.0. The van der Waals surface area contributed by atoms with E-state index in [1.165, 1.54) is 13.2 Å². The van der Waals surface area contributed by atoms with Crippen LogP contribution in [-0.2, 0) is 0 Å². The van der Waals surface area contributed by atoms with Gasteiger partial charge in [-0.1, -0.05) is 0 Å². The molecule has 2 amide bonds. The van der Waals surface area contributed by atoms with Crippen LogP contribution in [0.3, 0.4) is 0 Å². The van der Waals surface area contributed by atoms with Crippen molar-refractivity contribution in [1.29, 1.82) is 0 Å². The van der Waals surface area contributed by atoms with Crippen molar-refractivity contribution < 1.29 is 13.6 Å². The van der Waals surface area contributed by atoms with E-state index in [2.05, 4.69) is 5.32 Å². The first kappa shape index (κ1) is 9.76. The highest BCUT2D eigenvalue weighted by atomic mass is 19.3. The van der Waals surface area contributed by atoms with Gasteiger partial charge in [-0.25, -0.2) is 13.6 Å². The van der Waals surface area contributed by atoms with Crippen molar-refractivity contribution in [2.45, 2.75) is 18.4 Å². The van der Waals surface area contributed by atoms with E-state index in [-0.39, 0.29) is 6.42 Å². The predicted molar refractivity (Wildman–Crippen MR) is 43.0 cm³/mol. The van der Waals surface area contributed by atoms with Crippen molar-refractivity contribution in [2.24, 2.45) is 5.73 Å². The van der Waals surface area contributed by atoms with Crippen LogP contribution in [0.2, 0.25) is 0 Å². The normalized spacial score (nSPS) is 24.4. The molecule has 0 heterocycles. The third kappa shape index (κ3) is 2.07. The number of carbonyl (C=O) groups is 1. The van der Waals surface area contributed by atoms with Crippen LogP contribution in [0.4, 0.5) is 13.6 Å². The fraction of sp³-hybridized carbons (Fsp3) is 0.571. The maximum absolute atomic E-state index is 12.5. The Bertz CT molecular complexity index is 242. The monoisotopic (exact) mass is 191 g/mol. The molecule has 4 nitrogen and oxygen atoms in total. The van der Waals surface area contributed by atoms with E-state index in [9.17, 15) is 13.6 Å². The number of hydrogen-bond donors (Lipinski definition) is 2. The van der Waals surface area contributed by atoms with Crippen molar-refractivity contribution in [3.63, 3.8) is 0 Å². The molecule has 0 aromatic rings. The lowest BCUT2D eigenvalue weighted by Crippen LogP contribution is -2.38. The van der Waals surface area contributed by atoms with E-state index in [0.29, 0.717) is 0 Å². The van der Waals surface area contributed by atoms with Gasteiger partial charge in [0.1, 0.15) is 6.04 Å². The number of nitrogens with zero attached hydrogens (tertiary/aromatic N) is 1. The molecule has 0 spiro atoms. The van der Waals surface area contributed by atoms with Gasteiger partial charge < -0.3 is 16.0 Å². The summed E-state index contributed by atoms with van der Waals surface area (Å²) in [5, 5.41) is 2.24. The van der Waals surface area contributed by atoms with Gasteiger partial charge in [0, 0.05) is 25.9 Å². The van der Waals surface area contributed by atoms with Crippen LogP contribution in [0.1, 0.15) is 6.42 Å². The molecular weight excluding hydrogens is 180 g/mol. The molecule has 13 heavy (non-hydrogen) atoms. The SMILES string of the molecule is CN(C(=O)N/C=C\N)C1CC1(F)F. The third-order valence-electron chi connectivity index (χ3n) is 1.88. The lowest BCUT2D eigenvalue weighted by Gasteiger charge is -2.15. The minimum absolute atomic E-state index is 0.261. The molecule has 1 aliphatic rings. The van der Waals surface area contributed by atoms with Gasteiger partial charge in [0.15, 0.2) is 0 Å². The molecule has 1 atom stereocenters. The van der Waals surface area contributed by atoms with Gasteiger partial charge in [-0.2, -0.15) is 0 Å². The Hall–Kier alpha value is -1.33. The molecule has 1 aliphatic carbocycles. The average Bonchev–Trinajstić information content (AvgIpc) is 2.69. The summed E-state index contributed by atoms with van der Waals surface area (Å²) >= 11 is 0. The Balaban J connectivity index is 2.40. The van der Waals surface area contributed by atoms with Gasteiger partial charge >= 0.3 is 6.03 Å². The fourth-order valence-electron chi connectivity index (χ4n) is 0.982. The summed E-state index contributed by atoms with van der Waals surface area (Å²) in [6.45, 7) is 0. The molecule has 3 N–H and O–H groups in total. The first-order chi connectivity index (χ1) is 5.99. The fourth-order valence-corrected chi connectivity index (χ4v) is 0.982. The van der Waals surface area contributed by atoms with Gasteiger partial charge in [0.2, 0.25) is 0 Å². The zero-order chi connectivity index (χ0) is 10.1. The maximum Gasteiger partial charge on any atom is 0.321 e. The van der Waals surface area contributed by atoms with Crippen molar-refractivity contribution in [1.82, 2.24) is 10.2 Å². The number of alkyl halides is 2. The van der Waals surface area contributed by atoms with E-state index in [1.54, 1.807) is 0 Å². The standard InChI is InChI=1S/C7H11F2N3O/c1-12(5-4-7(5,8)9)6(13)11-3-2-10/h2-3,5H,4,10H2,1H3,(H,11,13)/b3-2-. The summed E-state index contributed by atoms with van der Waals surface area (Å²) in [5.41, 5.74) is 4.96. The molecule has 6 heteroatoms. The molecule has 0 bridgehead atoms. The van der Waals surface area contributed by atoms with E-state index in [0.717, 1.165) is 11.1 Å². The maximum atomic E-state index is 12.5. The van der Waals surface area contributed by atoms with Gasteiger partial charge in [-0.05, 0) is 0 Å². The summed E-state index contributed by atoms with van der Waals surface area (Å²) in [6, 6.07) is -1.55. The molecule has 74 valence electrons. The van der Waals surface area contributed by atoms with Crippen LogP contribution in [0.15, 0.2) is 12.4 Å². The molecule has 0 saturated heterocycles. The lowest BCUT2D eigenvalue weighted by molar-refractivity contribution is 0.0862. The van der Waals surface area contributed by atoms with E-state index in [4.69, 9.17) is 5.73 Å². The molecule has 1 rings (SSSR count). The minimum atomic E-state index is -2.72. The van der Waals surface area contributed by atoms with E-state index >= 15 is 0 Å². The van der Waals surface area contributed by atoms with Crippen LogP contribution in [0.5, 0.6) is 0 Å². The molecule has 1 saturated carbocycles. The van der Waals surface area contributed by atoms with E-state index in [1.807, 2.05) is 0 Å². The number of nitrogens with two attached hydrogens (primary N) is 1. The van der Waals surface area contributed by atoms with Crippen LogP contribution in [0.25, 0.3) is 0 Å². The Morgan fingerprint density at radius 1 is 1.77 bits per heavy atom. The Labute approximate surface area is 74.4 Å². The van der Waals surface area contributed by atoms with Gasteiger partial charge in [0.05, 0.1) is 0 Å². The molecular formula is C7H11F2N3O.